The molecule has 1 aliphatic carbocycles. The van der Waals surface area contributed by atoms with E-state index in [-0.39, 0.29) is 29.9 Å². The maximum atomic E-state index is 13.2. The number of carboxylic acid groups (broad SMARTS) is 1. The molecule has 0 unspecified atom stereocenters. The molecule has 0 saturated carbocycles. The second-order valence-electron chi connectivity index (χ2n) is 8.71. The molecule has 0 radical (unpaired) electrons. The van der Waals surface area contributed by atoms with E-state index in [0.717, 1.165) is 16.7 Å². The fraction of sp³-hybridized carbons (Fsp3) is 0.444. The average molecular weight is 516 g/mol. The lowest BCUT2D eigenvalue weighted by molar-refractivity contribution is -0.305. The summed E-state index contributed by atoms with van der Waals surface area (Å²) < 4.78 is 16.9. The number of aliphatic carboxylic acids is 1. The van der Waals surface area contributed by atoms with Gasteiger partial charge in [0, 0.05) is 25.0 Å². The minimum Gasteiger partial charge on any atom is -0.550 e. The molecule has 0 fully saturated rings. The molecule has 6 N–H and O–H groups in total. The molecule has 0 aliphatic heterocycles. The topological polar surface area (TPSA) is 163 Å². The van der Waals surface area contributed by atoms with E-state index < -0.39 is 5.97 Å². The van der Waals surface area contributed by atoms with Gasteiger partial charge in [0.25, 0.3) is 0 Å². The van der Waals surface area contributed by atoms with Crippen molar-refractivity contribution in [3.05, 3.63) is 45.6 Å². The number of rotatable bonds is 11. The number of quaternary nitrogens is 1. The van der Waals surface area contributed by atoms with E-state index in [1.165, 1.54) is 6.92 Å². The number of unbranched alkanes of at least 4 members (excludes halogenated alkanes) is 2. The summed E-state index contributed by atoms with van der Waals surface area (Å²) in [6.07, 6.45) is 3.20. The summed E-state index contributed by atoms with van der Waals surface area (Å²) >= 11 is 0. The van der Waals surface area contributed by atoms with Crippen molar-refractivity contribution in [1.82, 2.24) is 11.5 Å². The zero-order valence-electron chi connectivity index (χ0n) is 22.2. The zero-order chi connectivity index (χ0) is 26.2. The van der Waals surface area contributed by atoms with Gasteiger partial charge in [0.2, 0.25) is 17.1 Å². The Morgan fingerprint density at radius 1 is 1.03 bits per heavy atom. The fourth-order valence-electron chi connectivity index (χ4n) is 4.65. The number of carbonyl (C=O) groups is 2. The normalized spacial score (nSPS) is 13.7. The second kappa shape index (κ2) is 13.5. The third-order valence-corrected chi connectivity index (χ3v) is 6.29. The highest BCUT2D eigenvalue weighted by molar-refractivity contribution is 5.83. The smallest absolute Gasteiger partial charge is 0.217 e. The molecule has 2 aromatic carbocycles. The number of hydrogen-bond donors (Lipinski definition) is 3. The van der Waals surface area contributed by atoms with Gasteiger partial charge in [-0.15, -0.1) is 0 Å². The number of nitrogens with one attached hydrogen (secondary N) is 2. The Hall–Kier alpha value is -3.79. The monoisotopic (exact) mass is 515 g/mol. The summed E-state index contributed by atoms with van der Waals surface area (Å²) in [6, 6.07) is 6.71. The van der Waals surface area contributed by atoms with E-state index in [2.05, 4.69) is 10.6 Å². The van der Waals surface area contributed by atoms with Crippen molar-refractivity contribution < 1.29 is 28.9 Å². The molecule has 0 spiro atoms. The third-order valence-electron chi connectivity index (χ3n) is 6.29. The van der Waals surface area contributed by atoms with Crippen molar-refractivity contribution >= 4 is 17.6 Å². The first-order valence-electron chi connectivity index (χ1n) is 12.0. The molecule has 10 nitrogen and oxygen atoms in total. The van der Waals surface area contributed by atoms with Gasteiger partial charge in [-0.2, -0.15) is 0 Å². The minimum atomic E-state index is -1.06. The number of amides is 1. The number of anilines is 1. The maximum absolute atomic E-state index is 13.2. The fourth-order valence-corrected chi connectivity index (χ4v) is 4.65. The van der Waals surface area contributed by atoms with Crippen molar-refractivity contribution in [3.63, 3.8) is 0 Å². The molecule has 0 saturated heterocycles. The number of aryl methyl sites for hydroxylation is 1. The van der Waals surface area contributed by atoms with E-state index >= 15 is 0 Å². The molecular formula is C27H37N3O7. The standard InChI is InChI=1S/C27H34N2O7.H3N/c1-16(30)29-20-11-9-17-14-23(34-2)26(35-3)27(36-4)25(17)18-10-12-21(22(31)15-19(18)20)28-13-7-5-6-8-24(32)33;/h10,12,14-15,20H,5-9,11,13H2,1-4H3,(H,28,31)(H,29,30)(H,32,33);1H3/t20-;/m0./s1. The summed E-state index contributed by atoms with van der Waals surface area (Å²) in [7, 11) is 4.66. The molecule has 10 heteroatoms. The zero-order valence-corrected chi connectivity index (χ0v) is 22.2. The molecule has 37 heavy (non-hydrogen) atoms. The van der Waals surface area contributed by atoms with Gasteiger partial charge in [0.15, 0.2) is 11.5 Å². The Morgan fingerprint density at radius 2 is 1.76 bits per heavy atom. The number of carbonyl (C=O) groups excluding carboxylic acids is 2. The van der Waals surface area contributed by atoms with Gasteiger partial charge >= 0.3 is 0 Å². The average Bonchev–Trinajstić information content (AvgIpc) is 3.08. The first-order chi connectivity index (χ1) is 17.3. The second-order valence-corrected chi connectivity index (χ2v) is 8.71. The van der Waals surface area contributed by atoms with Crippen LogP contribution < -0.4 is 41.5 Å². The van der Waals surface area contributed by atoms with Gasteiger partial charge in [-0.05, 0) is 67.0 Å². The number of benzene rings is 1. The van der Waals surface area contributed by atoms with Crippen LogP contribution in [0, 0.1) is 0 Å². The van der Waals surface area contributed by atoms with Crippen LogP contribution in [0.5, 0.6) is 17.2 Å². The number of ether oxygens (including phenoxy) is 3. The van der Waals surface area contributed by atoms with Crippen LogP contribution in [0.25, 0.3) is 11.1 Å². The van der Waals surface area contributed by atoms with Crippen molar-refractivity contribution in [2.75, 3.05) is 33.2 Å². The van der Waals surface area contributed by atoms with Crippen LogP contribution in [0.15, 0.2) is 29.1 Å². The Kier molecular flexibility index (Phi) is 10.7. The lowest BCUT2D eigenvalue weighted by Crippen LogP contribution is -2.26. The molecule has 1 amide bonds. The summed E-state index contributed by atoms with van der Waals surface area (Å²) in [5, 5.41) is 16.7. The Morgan fingerprint density at radius 3 is 2.38 bits per heavy atom. The first kappa shape index (κ1) is 29.4. The van der Waals surface area contributed by atoms with Gasteiger partial charge < -0.3 is 40.9 Å². The van der Waals surface area contributed by atoms with E-state index in [1.807, 2.05) is 12.1 Å². The molecule has 3 rings (SSSR count). The van der Waals surface area contributed by atoms with Gasteiger partial charge in [-0.3, -0.25) is 9.59 Å². The molecule has 1 aliphatic rings. The highest BCUT2D eigenvalue weighted by Crippen LogP contribution is 2.50. The van der Waals surface area contributed by atoms with Crippen LogP contribution in [-0.4, -0.2) is 39.8 Å². The predicted molar refractivity (Wildman–Crippen MR) is 141 cm³/mol. The highest BCUT2D eigenvalue weighted by Gasteiger charge is 2.29. The SMILES string of the molecule is COc1cc2c(c(OC)c1OC)-c1ccc(NCCCCCC(=O)[O-])c(=O)cc1[C@@H](NC(C)=O)CC2.[NH4+]. The van der Waals surface area contributed by atoms with Crippen LogP contribution in [0.3, 0.4) is 0 Å². The highest BCUT2D eigenvalue weighted by atomic mass is 16.5. The quantitative estimate of drug-likeness (QED) is 0.385. The number of fused-ring (bicyclic) bond motifs is 3. The van der Waals surface area contributed by atoms with E-state index in [1.54, 1.807) is 33.5 Å². The molecular weight excluding hydrogens is 478 g/mol. The van der Waals surface area contributed by atoms with Gasteiger partial charge in [0.05, 0.1) is 33.1 Å². The predicted octanol–water partition coefficient (Wildman–Crippen LogP) is 2.96. The van der Waals surface area contributed by atoms with Crippen LogP contribution in [-0.2, 0) is 16.0 Å². The molecule has 0 heterocycles. The Balaban J connectivity index is 0.00000481. The van der Waals surface area contributed by atoms with Gasteiger partial charge in [-0.1, -0.05) is 12.5 Å². The number of carboxylic acids is 1. The van der Waals surface area contributed by atoms with Gasteiger partial charge in [0.1, 0.15) is 0 Å². The maximum Gasteiger partial charge on any atom is 0.217 e. The van der Waals surface area contributed by atoms with Crippen molar-refractivity contribution in [2.45, 2.75) is 51.5 Å². The Bertz CT molecular complexity index is 1180. The van der Waals surface area contributed by atoms with E-state index in [9.17, 15) is 19.5 Å². The lowest BCUT2D eigenvalue weighted by Gasteiger charge is -2.19. The largest absolute Gasteiger partial charge is 0.550 e. The van der Waals surface area contributed by atoms with Crippen molar-refractivity contribution in [3.8, 4) is 28.4 Å². The van der Waals surface area contributed by atoms with Crippen LogP contribution in [0.4, 0.5) is 5.69 Å². The summed E-state index contributed by atoms with van der Waals surface area (Å²) in [5.41, 5.74) is 3.43. The lowest BCUT2D eigenvalue weighted by atomic mass is 9.95. The number of methoxy groups -OCH3 is 3. The Labute approximate surface area is 216 Å². The van der Waals surface area contributed by atoms with Crippen LogP contribution in [0.1, 0.15) is 56.2 Å². The molecule has 2 aromatic rings. The first-order valence-corrected chi connectivity index (χ1v) is 12.0. The summed E-state index contributed by atoms with van der Waals surface area (Å²) in [4.78, 5) is 35.8. The molecule has 0 bridgehead atoms. The van der Waals surface area contributed by atoms with Gasteiger partial charge in [-0.25, -0.2) is 0 Å². The molecule has 202 valence electrons. The van der Waals surface area contributed by atoms with E-state index in [4.69, 9.17) is 14.2 Å². The minimum absolute atomic E-state index is 0. The van der Waals surface area contributed by atoms with Crippen LogP contribution in [0.2, 0.25) is 0 Å². The van der Waals surface area contributed by atoms with Crippen molar-refractivity contribution in [2.24, 2.45) is 0 Å². The number of hydrogen-bond acceptors (Lipinski definition) is 8. The van der Waals surface area contributed by atoms with Crippen molar-refractivity contribution in [1.29, 1.82) is 0 Å². The van der Waals surface area contributed by atoms with E-state index in [0.29, 0.717) is 67.1 Å². The summed E-state index contributed by atoms with van der Waals surface area (Å²) in [6.45, 7) is 1.98. The molecule has 1 atom stereocenters. The van der Waals surface area contributed by atoms with Crippen LogP contribution >= 0.6 is 0 Å². The molecule has 0 aromatic heterocycles. The summed E-state index contributed by atoms with van der Waals surface area (Å²) in [5.74, 6) is 0.246. The third kappa shape index (κ3) is 6.91.